The van der Waals surface area contributed by atoms with Crippen LogP contribution in [0.3, 0.4) is 0 Å². The fraction of sp³-hybridized carbons (Fsp3) is 0.115. The van der Waals surface area contributed by atoms with Crippen molar-refractivity contribution >= 4 is 45.7 Å². The van der Waals surface area contributed by atoms with Crippen LogP contribution in [0.2, 0.25) is 5.02 Å². The van der Waals surface area contributed by atoms with Crippen molar-refractivity contribution in [2.75, 3.05) is 24.9 Å². The number of hydrogen-bond acceptors (Lipinski definition) is 5. The van der Waals surface area contributed by atoms with Crippen molar-refractivity contribution in [3.05, 3.63) is 88.3 Å². The Kier molecular flexibility index (Phi) is 6.84. The van der Waals surface area contributed by atoms with Gasteiger partial charge in [-0.3, -0.25) is 14.6 Å². The predicted molar refractivity (Wildman–Crippen MR) is 133 cm³/mol. The highest BCUT2D eigenvalue weighted by molar-refractivity contribution is 6.30. The number of halogens is 2. The van der Waals surface area contributed by atoms with Crippen LogP contribution in [0.5, 0.6) is 11.5 Å². The van der Waals surface area contributed by atoms with Gasteiger partial charge in [0.1, 0.15) is 17.3 Å². The van der Waals surface area contributed by atoms with Crippen LogP contribution in [-0.4, -0.2) is 31.0 Å². The van der Waals surface area contributed by atoms with Gasteiger partial charge in [0.05, 0.1) is 42.2 Å². The molecular formula is C26H21ClFN3O4. The smallest absolute Gasteiger partial charge is 0.258 e. The minimum Gasteiger partial charge on any atom is -0.497 e. The number of aryl methyl sites for hydroxylation is 1. The summed E-state index contributed by atoms with van der Waals surface area (Å²) in [6.07, 6.45) is 0. The Morgan fingerprint density at radius 2 is 1.66 bits per heavy atom. The largest absolute Gasteiger partial charge is 0.497 e. The summed E-state index contributed by atoms with van der Waals surface area (Å²) in [5.74, 6) is -0.809. The molecule has 0 aliphatic rings. The minimum atomic E-state index is -0.754. The Balaban J connectivity index is 1.59. The number of carbonyl (C=O) groups excluding carboxylic acids is 2. The molecule has 2 amide bonds. The van der Waals surface area contributed by atoms with Crippen molar-refractivity contribution in [1.29, 1.82) is 0 Å². The maximum atomic E-state index is 14.2. The van der Waals surface area contributed by atoms with Gasteiger partial charge in [-0.25, -0.2) is 4.39 Å². The second-order valence-corrected chi connectivity index (χ2v) is 8.06. The molecule has 9 heteroatoms. The Morgan fingerprint density at radius 1 is 0.886 bits per heavy atom. The highest BCUT2D eigenvalue weighted by Crippen LogP contribution is 2.29. The first-order valence-electron chi connectivity index (χ1n) is 10.5. The first-order chi connectivity index (χ1) is 16.8. The molecule has 1 aromatic heterocycles. The first-order valence-corrected chi connectivity index (χ1v) is 10.9. The molecule has 0 fully saturated rings. The highest BCUT2D eigenvalue weighted by Gasteiger charge is 2.17. The van der Waals surface area contributed by atoms with E-state index in [1.807, 2.05) is 6.07 Å². The van der Waals surface area contributed by atoms with Gasteiger partial charge in [-0.1, -0.05) is 11.6 Å². The van der Waals surface area contributed by atoms with Crippen molar-refractivity contribution in [1.82, 2.24) is 4.98 Å². The van der Waals surface area contributed by atoms with Crippen LogP contribution < -0.4 is 20.1 Å². The molecule has 0 saturated carbocycles. The molecule has 0 unspecified atom stereocenters. The monoisotopic (exact) mass is 493 g/mol. The average Bonchev–Trinajstić information content (AvgIpc) is 2.83. The summed E-state index contributed by atoms with van der Waals surface area (Å²) in [7, 11) is 3.01. The Morgan fingerprint density at radius 3 is 2.37 bits per heavy atom. The lowest BCUT2D eigenvalue weighted by Crippen LogP contribution is -2.16. The summed E-state index contributed by atoms with van der Waals surface area (Å²) < 4.78 is 24.7. The summed E-state index contributed by atoms with van der Waals surface area (Å²) in [6, 6.07) is 15.7. The van der Waals surface area contributed by atoms with Crippen LogP contribution in [0.1, 0.15) is 26.4 Å². The quantitative estimate of drug-likeness (QED) is 0.351. The number of hydrogen-bond donors (Lipinski definition) is 2. The molecule has 35 heavy (non-hydrogen) atoms. The third-order valence-corrected chi connectivity index (χ3v) is 5.58. The van der Waals surface area contributed by atoms with Gasteiger partial charge in [0.15, 0.2) is 0 Å². The Hall–Kier alpha value is -4.17. The number of carbonyl (C=O) groups is 2. The SMILES string of the molecule is COc1ccc2cc(C(=O)Nc3ccc(OC)c(NC(=O)c4ccc(Cl)cc4F)c3)c(C)nc2c1. The number of anilines is 2. The third-order valence-electron chi connectivity index (χ3n) is 5.34. The van der Waals surface area contributed by atoms with Gasteiger partial charge in [-0.2, -0.15) is 0 Å². The number of nitrogens with zero attached hydrogens (tertiary/aromatic N) is 1. The number of pyridine rings is 1. The summed E-state index contributed by atoms with van der Waals surface area (Å²) in [5, 5.41) is 6.39. The molecule has 1 heterocycles. The van der Waals surface area contributed by atoms with Gasteiger partial charge in [0.25, 0.3) is 11.8 Å². The van der Waals surface area contributed by atoms with Crippen molar-refractivity contribution in [3.8, 4) is 11.5 Å². The van der Waals surface area contributed by atoms with E-state index in [9.17, 15) is 14.0 Å². The van der Waals surface area contributed by atoms with Crippen molar-refractivity contribution in [3.63, 3.8) is 0 Å². The third kappa shape index (κ3) is 5.17. The molecule has 0 aliphatic heterocycles. The lowest BCUT2D eigenvalue weighted by atomic mass is 10.1. The lowest BCUT2D eigenvalue weighted by molar-refractivity contribution is 0.101. The molecule has 3 aromatic carbocycles. The van der Waals surface area contributed by atoms with E-state index in [1.54, 1.807) is 44.4 Å². The molecule has 0 aliphatic carbocycles. The Bertz CT molecular complexity index is 1460. The molecule has 0 spiro atoms. The minimum absolute atomic E-state index is 0.180. The summed E-state index contributed by atoms with van der Waals surface area (Å²) in [5.41, 5.74) is 2.13. The second-order valence-electron chi connectivity index (χ2n) is 7.63. The number of benzene rings is 3. The average molecular weight is 494 g/mol. The number of rotatable bonds is 6. The fourth-order valence-electron chi connectivity index (χ4n) is 3.55. The van der Waals surface area contributed by atoms with Crippen molar-refractivity contribution in [2.45, 2.75) is 6.92 Å². The molecule has 7 nitrogen and oxygen atoms in total. The molecule has 4 rings (SSSR count). The zero-order valence-corrected chi connectivity index (χ0v) is 19.9. The van der Waals surface area contributed by atoms with Gasteiger partial charge in [0, 0.05) is 22.2 Å². The predicted octanol–water partition coefficient (Wildman–Crippen LogP) is 5.86. The number of nitrogens with one attached hydrogen (secondary N) is 2. The van der Waals surface area contributed by atoms with E-state index in [1.165, 1.54) is 25.3 Å². The second kappa shape index (κ2) is 9.99. The molecule has 0 atom stereocenters. The molecule has 0 bridgehead atoms. The van der Waals surface area contributed by atoms with E-state index in [4.69, 9.17) is 21.1 Å². The van der Waals surface area contributed by atoms with Crippen LogP contribution in [0, 0.1) is 12.7 Å². The highest BCUT2D eigenvalue weighted by atomic mass is 35.5. The van der Waals surface area contributed by atoms with E-state index >= 15 is 0 Å². The van der Waals surface area contributed by atoms with E-state index in [-0.39, 0.29) is 22.2 Å². The van der Waals surface area contributed by atoms with Gasteiger partial charge in [-0.15, -0.1) is 0 Å². The lowest BCUT2D eigenvalue weighted by Gasteiger charge is -2.14. The molecule has 4 aromatic rings. The number of fused-ring (bicyclic) bond motifs is 1. The Labute approximate surface area is 205 Å². The molecule has 0 saturated heterocycles. The van der Waals surface area contributed by atoms with Crippen LogP contribution in [0.4, 0.5) is 15.8 Å². The van der Waals surface area contributed by atoms with Crippen molar-refractivity contribution < 1.29 is 23.5 Å². The molecule has 0 radical (unpaired) electrons. The maximum Gasteiger partial charge on any atom is 0.258 e. The van der Waals surface area contributed by atoms with Crippen LogP contribution in [0.25, 0.3) is 10.9 Å². The summed E-state index contributed by atoms with van der Waals surface area (Å²) >= 11 is 5.76. The number of methoxy groups -OCH3 is 2. The van der Waals surface area contributed by atoms with Crippen LogP contribution in [0.15, 0.2) is 60.7 Å². The normalized spacial score (nSPS) is 10.7. The van der Waals surface area contributed by atoms with Gasteiger partial charge in [-0.05, 0) is 61.5 Å². The van der Waals surface area contributed by atoms with Crippen molar-refractivity contribution in [2.24, 2.45) is 0 Å². The maximum absolute atomic E-state index is 14.2. The first kappa shape index (κ1) is 24.0. The summed E-state index contributed by atoms with van der Waals surface area (Å²) in [4.78, 5) is 30.2. The van der Waals surface area contributed by atoms with Gasteiger partial charge in [0.2, 0.25) is 0 Å². The zero-order valence-electron chi connectivity index (χ0n) is 19.1. The standard InChI is InChI=1S/C26H21ClFN3O4/c1-14-20(10-15-4-7-18(34-2)13-22(15)29-14)26(33)30-17-6-9-24(35-3)23(12-17)31-25(32)19-8-5-16(27)11-21(19)28/h4-13H,1-3H3,(H,30,33)(H,31,32). The molecule has 178 valence electrons. The van der Waals surface area contributed by atoms with Crippen LogP contribution >= 0.6 is 11.6 Å². The summed E-state index contributed by atoms with van der Waals surface area (Å²) in [6.45, 7) is 1.74. The topological polar surface area (TPSA) is 89.5 Å². The van der Waals surface area contributed by atoms with E-state index in [0.29, 0.717) is 34.0 Å². The number of aromatic nitrogens is 1. The van der Waals surface area contributed by atoms with E-state index in [0.717, 1.165) is 11.5 Å². The number of amides is 2. The van der Waals surface area contributed by atoms with E-state index in [2.05, 4.69) is 15.6 Å². The number of ether oxygens (including phenoxy) is 2. The van der Waals surface area contributed by atoms with Gasteiger partial charge < -0.3 is 20.1 Å². The fourth-order valence-corrected chi connectivity index (χ4v) is 3.70. The molecular weight excluding hydrogens is 473 g/mol. The van der Waals surface area contributed by atoms with E-state index < -0.39 is 11.7 Å². The van der Waals surface area contributed by atoms with Crippen LogP contribution in [-0.2, 0) is 0 Å². The molecule has 2 N–H and O–H groups in total. The zero-order chi connectivity index (χ0) is 25.1. The van der Waals surface area contributed by atoms with Gasteiger partial charge >= 0.3 is 0 Å².